The highest BCUT2D eigenvalue weighted by molar-refractivity contribution is 5.77. The van der Waals surface area contributed by atoms with E-state index in [0.717, 1.165) is 17.3 Å². The van der Waals surface area contributed by atoms with Crippen LogP contribution in [-0.4, -0.2) is 15.9 Å². The van der Waals surface area contributed by atoms with E-state index in [9.17, 15) is 18.0 Å². The molecule has 6 nitrogen and oxygen atoms in total. The van der Waals surface area contributed by atoms with Crippen molar-refractivity contribution in [1.29, 1.82) is 0 Å². The SMILES string of the molecule is NCc1ccc(Nc2ncc(C(F)(F)F)c(CCc3ccccc3CC(N)=O)n2)cc1. The molecule has 0 aliphatic carbocycles. The number of nitrogens with one attached hydrogen (secondary N) is 1. The first-order chi connectivity index (χ1) is 14.8. The summed E-state index contributed by atoms with van der Waals surface area (Å²) in [5.74, 6) is -0.438. The number of nitrogens with zero attached hydrogens (tertiary/aromatic N) is 2. The Bertz CT molecular complexity index is 1050. The molecule has 0 atom stereocenters. The van der Waals surface area contributed by atoms with Crippen molar-refractivity contribution < 1.29 is 18.0 Å². The number of aromatic nitrogens is 2. The Hall–Kier alpha value is -3.46. The average molecular weight is 429 g/mol. The second-order valence-corrected chi connectivity index (χ2v) is 6.99. The summed E-state index contributed by atoms with van der Waals surface area (Å²) in [6.07, 6.45) is -3.47. The molecule has 0 bridgehead atoms. The molecular formula is C22H22F3N5O. The van der Waals surface area contributed by atoms with Crippen molar-refractivity contribution in [3.8, 4) is 0 Å². The molecule has 162 valence electrons. The van der Waals surface area contributed by atoms with Crippen LogP contribution in [-0.2, 0) is 36.8 Å². The Kier molecular flexibility index (Phi) is 6.86. The van der Waals surface area contributed by atoms with E-state index in [-0.39, 0.29) is 30.9 Å². The quantitative estimate of drug-likeness (QED) is 0.508. The van der Waals surface area contributed by atoms with Crippen LogP contribution >= 0.6 is 0 Å². The highest BCUT2D eigenvalue weighted by atomic mass is 19.4. The molecule has 0 saturated heterocycles. The van der Waals surface area contributed by atoms with E-state index in [1.54, 1.807) is 36.4 Å². The zero-order valence-electron chi connectivity index (χ0n) is 16.6. The third-order valence-electron chi connectivity index (χ3n) is 4.73. The van der Waals surface area contributed by atoms with Crippen LogP contribution in [0.4, 0.5) is 24.8 Å². The standard InChI is InChI=1S/C22H22F3N5O/c23-22(24,25)18-13-28-21(29-17-8-5-14(12-26)6-9-17)30-19(18)10-7-15-3-1-2-4-16(15)11-20(27)31/h1-6,8-9,13H,7,10-12,26H2,(H2,27,31)(H,28,29,30). The third-order valence-corrected chi connectivity index (χ3v) is 4.73. The third kappa shape index (κ3) is 6.02. The Labute approximate surface area is 177 Å². The molecule has 3 rings (SSSR count). The minimum Gasteiger partial charge on any atom is -0.369 e. The molecule has 3 aromatic rings. The Morgan fingerprint density at radius 2 is 1.68 bits per heavy atom. The first kappa shape index (κ1) is 22.2. The van der Waals surface area contributed by atoms with E-state index in [1.807, 2.05) is 12.1 Å². The van der Waals surface area contributed by atoms with E-state index >= 15 is 0 Å². The van der Waals surface area contributed by atoms with Gasteiger partial charge in [0.05, 0.1) is 17.7 Å². The lowest BCUT2D eigenvalue weighted by Crippen LogP contribution is -2.16. The predicted octanol–water partition coefficient (Wildman–Crippen LogP) is 3.51. The molecule has 1 amide bonds. The average Bonchev–Trinajstić information content (AvgIpc) is 2.72. The number of hydrogen-bond donors (Lipinski definition) is 3. The Morgan fingerprint density at radius 3 is 2.29 bits per heavy atom. The zero-order valence-corrected chi connectivity index (χ0v) is 16.6. The predicted molar refractivity (Wildman–Crippen MR) is 111 cm³/mol. The van der Waals surface area contributed by atoms with Crippen LogP contribution in [0, 0.1) is 0 Å². The van der Waals surface area contributed by atoms with Crippen molar-refractivity contribution in [1.82, 2.24) is 9.97 Å². The van der Waals surface area contributed by atoms with Crippen LogP contribution in [0.1, 0.15) is 27.9 Å². The first-order valence-corrected chi connectivity index (χ1v) is 9.60. The van der Waals surface area contributed by atoms with Crippen molar-refractivity contribution in [2.24, 2.45) is 11.5 Å². The maximum atomic E-state index is 13.5. The number of carbonyl (C=O) groups excluding carboxylic acids is 1. The highest BCUT2D eigenvalue weighted by Crippen LogP contribution is 2.32. The van der Waals surface area contributed by atoms with Gasteiger partial charge in [0.1, 0.15) is 0 Å². The fraction of sp³-hybridized carbons (Fsp3) is 0.227. The largest absolute Gasteiger partial charge is 0.419 e. The van der Waals surface area contributed by atoms with Gasteiger partial charge < -0.3 is 16.8 Å². The highest BCUT2D eigenvalue weighted by Gasteiger charge is 2.34. The van der Waals surface area contributed by atoms with Crippen LogP contribution < -0.4 is 16.8 Å². The van der Waals surface area contributed by atoms with Gasteiger partial charge in [-0.25, -0.2) is 9.97 Å². The molecule has 9 heteroatoms. The number of primary amides is 1. The number of carbonyl (C=O) groups is 1. The molecule has 0 saturated carbocycles. The fourth-order valence-electron chi connectivity index (χ4n) is 3.17. The maximum absolute atomic E-state index is 13.5. The number of halogens is 3. The molecule has 0 fully saturated rings. The minimum absolute atomic E-state index is 0.0218. The van der Waals surface area contributed by atoms with Crippen LogP contribution in [0.2, 0.25) is 0 Å². The van der Waals surface area contributed by atoms with Gasteiger partial charge in [0.25, 0.3) is 0 Å². The normalized spacial score (nSPS) is 11.4. The van der Waals surface area contributed by atoms with Crippen LogP contribution in [0.5, 0.6) is 0 Å². The smallest absolute Gasteiger partial charge is 0.369 e. The summed E-state index contributed by atoms with van der Waals surface area (Å²) < 4.78 is 40.5. The second kappa shape index (κ2) is 9.57. The number of hydrogen-bond acceptors (Lipinski definition) is 5. The summed E-state index contributed by atoms with van der Waals surface area (Å²) in [6.45, 7) is 0.387. The van der Waals surface area contributed by atoms with Crippen molar-refractivity contribution >= 4 is 17.5 Å². The van der Waals surface area contributed by atoms with Crippen LogP contribution in [0.3, 0.4) is 0 Å². The number of alkyl halides is 3. The number of rotatable bonds is 8. The van der Waals surface area contributed by atoms with E-state index in [1.165, 1.54) is 0 Å². The molecule has 0 aliphatic heterocycles. The van der Waals surface area contributed by atoms with Crippen LogP contribution in [0.15, 0.2) is 54.7 Å². The summed E-state index contributed by atoms with van der Waals surface area (Å²) >= 11 is 0. The summed E-state index contributed by atoms with van der Waals surface area (Å²) in [5.41, 5.74) is 12.8. The Morgan fingerprint density at radius 1 is 1.00 bits per heavy atom. The lowest BCUT2D eigenvalue weighted by atomic mass is 9.98. The molecule has 0 spiro atoms. The first-order valence-electron chi connectivity index (χ1n) is 9.60. The molecule has 31 heavy (non-hydrogen) atoms. The number of nitrogens with two attached hydrogens (primary N) is 2. The second-order valence-electron chi connectivity index (χ2n) is 6.99. The van der Waals surface area contributed by atoms with Gasteiger partial charge >= 0.3 is 6.18 Å². The topological polar surface area (TPSA) is 107 Å². The van der Waals surface area contributed by atoms with Crippen LogP contribution in [0.25, 0.3) is 0 Å². The summed E-state index contributed by atoms with van der Waals surface area (Å²) in [6, 6.07) is 14.2. The van der Waals surface area contributed by atoms with Crippen molar-refractivity contribution in [2.45, 2.75) is 32.0 Å². The van der Waals surface area contributed by atoms with E-state index in [2.05, 4.69) is 15.3 Å². The van der Waals surface area contributed by atoms with Gasteiger partial charge in [-0.05, 0) is 41.7 Å². The van der Waals surface area contributed by atoms with Gasteiger partial charge in [-0.3, -0.25) is 4.79 Å². The maximum Gasteiger partial charge on any atom is 0.419 e. The summed E-state index contributed by atoms with van der Waals surface area (Å²) in [7, 11) is 0. The molecule has 0 unspecified atom stereocenters. The number of amides is 1. The van der Waals surface area contributed by atoms with E-state index in [0.29, 0.717) is 17.8 Å². The van der Waals surface area contributed by atoms with Crippen molar-refractivity contribution in [2.75, 3.05) is 5.32 Å². The number of anilines is 2. The monoisotopic (exact) mass is 429 g/mol. The fourth-order valence-corrected chi connectivity index (χ4v) is 3.17. The molecule has 1 heterocycles. The molecule has 0 aliphatic rings. The van der Waals surface area contributed by atoms with Gasteiger partial charge in [-0.2, -0.15) is 13.2 Å². The Balaban J connectivity index is 1.85. The minimum atomic E-state index is -4.58. The lowest BCUT2D eigenvalue weighted by Gasteiger charge is -2.14. The summed E-state index contributed by atoms with van der Waals surface area (Å²) in [4.78, 5) is 19.2. The number of benzene rings is 2. The van der Waals surface area contributed by atoms with Gasteiger partial charge in [-0.1, -0.05) is 36.4 Å². The van der Waals surface area contributed by atoms with Gasteiger partial charge in [0, 0.05) is 18.4 Å². The molecule has 2 aromatic carbocycles. The zero-order chi connectivity index (χ0) is 22.4. The number of aryl methyl sites for hydroxylation is 2. The molecule has 1 aromatic heterocycles. The van der Waals surface area contributed by atoms with E-state index < -0.39 is 17.6 Å². The van der Waals surface area contributed by atoms with Crippen molar-refractivity contribution in [3.05, 3.63) is 82.7 Å². The molecule has 0 radical (unpaired) electrons. The van der Waals surface area contributed by atoms with E-state index in [4.69, 9.17) is 11.5 Å². The van der Waals surface area contributed by atoms with Crippen molar-refractivity contribution in [3.63, 3.8) is 0 Å². The van der Waals surface area contributed by atoms with Gasteiger partial charge in [-0.15, -0.1) is 0 Å². The molecule has 5 N–H and O–H groups in total. The molecular weight excluding hydrogens is 407 g/mol. The summed E-state index contributed by atoms with van der Waals surface area (Å²) in [5, 5.41) is 2.92. The van der Waals surface area contributed by atoms with Gasteiger partial charge in [0.2, 0.25) is 11.9 Å². The lowest BCUT2D eigenvalue weighted by molar-refractivity contribution is -0.138. The van der Waals surface area contributed by atoms with Gasteiger partial charge in [0.15, 0.2) is 0 Å².